The highest BCUT2D eigenvalue weighted by molar-refractivity contribution is 5.88. The fraction of sp³-hybridized carbons (Fsp3) is 0.458. The molecule has 0 spiro atoms. The maximum absolute atomic E-state index is 12.6. The molecule has 2 heterocycles. The fourth-order valence-electron chi connectivity index (χ4n) is 4.04. The van der Waals surface area contributed by atoms with Gasteiger partial charge in [-0.3, -0.25) is 9.78 Å². The first-order valence-electron chi connectivity index (χ1n) is 10.7. The van der Waals surface area contributed by atoms with E-state index in [0.717, 1.165) is 50.8 Å². The Morgan fingerprint density at radius 3 is 2.62 bits per heavy atom. The van der Waals surface area contributed by atoms with E-state index in [-0.39, 0.29) is 17.5 Å². The van der Waals surface area contributed by atoms with E-state index in [0.29, 0.717) is 18.5 Å². The van der Waals surface area contributed by atoms with Gasteiger partial charge in [-0.15, -0.1) is 0 Å². The van der Waals surface area contributed by atoms with Crippen LogP contribution in [0.3, 0.4) is 0 Å². The van der Waals surface area contributed by atoms with Gasteiger partial charge in [0.1, 0.15) is 0 Å². The Morgan fingerprint density at radius 1 is 1.10 bits per heavy atom. The van der Waals surface area contributed by atoms with E-state index in [1.54, 1.807) is 12.1 Å². The Balaban J connectivity index is 1.75. The van der Waals surface area contributed by atoms with Gasteiger partial charge in [0.25, 0.3) is 0 Å². The van der Waals surface area contributed by atoms with E-state index >= 15 is 0 Å². The summed E-state index contributed by atoms with van der Waals surface area (Å²) in [5.74, 6) is -0.759. The maximum Gasteiger partial charge on any atom is 0.337 e. The monoisotopic (exact) mass is 394 g/mol. The normalized spacial score (nSPS) is 16.2. The van der Waals surface area contributed by atoms with Crippen LogP contribution in [0.1, 0.15) is 78.8 Å². The topological polar surface area (TPSA) is 70.5 Å². The molecule has 1 saturated heterocycles. The van der Waals surface area contributed by atoms with Crippen molar-refractivity contribution in [3.8, 4) is 0 Å². The summed E-state index contributed by atoms with van der Waals surface area (Å²) in [6, 6.07) is 13.6. The van der Waals surface area contributed by atoms with Gasteiger partial charge in [0.05, 0.1) is 23.0 Å². The summed E-state index contributed by atoms with van der Waals surface area (Å²) < 4.78 is 0. The van der Waals surface area contributed by atoms with Crippen molar-refractivity contribution in [2.75, 3.05) is 6.54 Å². The quantitative estimate of drug-likeness (QED) is 0.663. The lowest BCUT2D eigenvalue weighted by Crippen LogP contribution is -2.31. The average Bonchev–Trinajstić information content (AvgIpc) is 3.22. The number of aromatic carboxylic acids is 1. The number of aromatic nitrogens is 1. The molecular weight excluding hydrogens is 364 g/mol. The van der Waals surface area contributed by atoms with Crippen LogP contribution in [0.4, 0.5) is 0 Å². The largest absolute Gasteiger partial charge is 0.478 e. The number of rotatable bonds is 9. The zero-order valence-electron chi connectivity index (χ0n) is 17.1. The first kappa shape index (κ1) is 21.0. The molecule has 0 radical (unpaired) electrons. The molecule has 5 nitrogen and oxygen atoms in total. The number of pyridine rings is 1. The van der Waals surface area contributed by atoms with Crippen molar-refractivity contribution in [2.45, 2.75) is 64.3 Å². The maximum atomic E-state index is 12.6. The van der Waals surface area contributed by atoms with Gasteiger partial charge in [0.2, 0.25) is 5.91 Å². The van der Waals surface area contributed by atoms with Gasteiger partial charge < -0.3 is 10.0 Å². The minimum absolute atomic E-state index is 0.0323. The molecule has 1 atom stereocenters. The standard InChI is InChI=1S/C24H30N2O3/c1-2-3-14-23(27)26-17-8-13-22(26)21-16-15-19(24(28)29)20(25-21)12-7-11-18-9-5-4-6-10-18/h4-6,9-10,15-16,22H,2-3,7-8,11-14,17H2,1H3,(H,28,29). The predicted octanol–water partition coefficient (Wildman–Crippen LogP) is 4.81. The minimum Gasteiger partial charge on any atom is -0.478 e. The number of likely N-dealkylation sites (tertiary alicyclic amines) is 1. The SMILES string of the molecule is CCCCC(=O)N1CCCC1c1ccc(C(=O)O)c(CCCc2ccccc2)n1. The number of carbonyl (C=O) groups is 2. The van der Waals surface area contributed by atoms with Crippen LogP contribution in [0, 0.1) is 0 Å². The Morgan fingerprint density at radius 2 is 1.90 bits per heavy atom. The van der Waals surface area contributed by atoms with Crippen LogP contribution in [0.5, 0.6) is 0 Å². The molecule has 1 fully saturated rings. The summed E-state index contributed by atoms with van der Waals surface area (Å²) in [4.78, 5) is 30.9. The second-order valence-corrected chi connectivity index (χ2v) is 7.72. The van der Waals surface area contributed by atoms with Crippen LogP contribution < -0.4 is 0 Å². The predicted molar refractivity (Wildman–Crippen MR) is 113 cm³/mol. The number of hydrogen-bond acceptors (Lipinski definition) is 3. The summed E-state index contributed by atoms with van der Waals surface area (Å²) in [6.07, 6.45) is 6.67. The van der Waals surface area contributed by atoms with E-state index in [4.69, 9.17) is 4.98 Å². The summed E-state index contributed by atoms with van der Waals surface area (Å²) in [7, 11) is 0. The second kappa shape index (κ2) is 10.2. The summed E-state index contributed by atoms with van der Waals surface area (Å²) in [6.45, 7) is 2.85. The number of carboxylic acid groups (broad SMARTS) is 1. The number of aryl methyl sites for hydroxylation is 2. The van der Waals surface area contributed by atoms with Gasteiger partial charge in [-0.25, -0.2) is 4.79 Å². The highest BCUT2D eigenvalue weighted by atomic mass is 16.4. The lowest BCUT2D eigenvalue weighted by molar-refractivity contribution is -0.132. The van der Waals surface area contributed by atoms with Gasteiger partial charge in [-0.2, -0.15) is 0 Å². The third-order valence-electron chi connectivity index (χ3n) is 5.61. The first-order valence-corrected chi connectivity index (χ1v) is 10.7. The van der Waals surface area contributed by atoms with Gasteiger partial charge in [-0.1, -0.05) is 43.7 Å². The van der Waals surface area contributed by atoms with Crippen LogP contribution in [0.25, 0.3) is 0 Å². The molecule has 29 heavy (non-hydrogen) atoms. The smallest absolute Gasteiger partial charge is 0.337 e. The van der Waals surface area contributed by atoms with E-state index in [2.05, 4.69) is 19.1 Å². The Kier molecular flexibility index (Phi) is 7.39. The number of hydrogen-bond donors (Lipinski definition) is 1. The van der Waals surface area contributed by atoms with E-state index in [1.165, 1.54) is 5.56 Å². The van der Waals surface area contributed by atoms with Crippen molar-refractivity contribution in [1.29, 1.82) is 0 Å². The molecule has 0 aliphatic carbocycles. The third-order valence-corrected chi connectivity index (χ3v) is 5.61. The van der Waals surface area contributed by atoms with Crippen molar-refractivity contribution in [3.63, 3.8) is 0 Å². The molecule has 154 valence electrons. The fourth-order valence-corrected chi connectivity index (χ4v) is 4.04. The molecule has 1 N–H and O–H groups in total. The molecule has 1 aliphatic rings. The van der Waals surface area contributed by atoms with E-state index in [9.17, 15) is 14.7 Å². The summed E-state index contributed by atoms with van der Waals surface area (Å²) in [5.41, 5.74) is 2.96. The summed E-state index contributed by atoms with van der Waals surface area (Å²) >= 11 is 0. The van der Waals surface area contributed by atoms with Gasteiger partial charge in [0.15, 0.2) is 0 Å². The molecule has 1 aromatic heterocycles. The Bertz CT molecular complexity index is 835. The van der Waals surface area contributed by atoms with Crippen molar-refractivity contribution >= 4 is 11.9 Å². The van der Waals surface area contributed by atoms with Crippen molar-refractivity contribution in [2.24, 2.45) is 0 Å². The van der Waals surface area contributed by atoms with Gasteiger partial charge >= 0.3 is 5.97 Å². The highest BCUT2D eigenvalue weighted by Crippen LogP contribution is 2.32. The molecule has 1 amide bonds. The molecule has 2 aromatic rings. The molecule has 1 aliphatic heterocycles. The molecule has 5 heteroatoms. The lowest BCUT2D eigenvalue weighted by Gasteiger charge is -2.25. The third kappa shape index (κ3) is 5.43. The molecule has 3 rings (SSSR count). The van der Waals surface area contributed by atoms with Crippen LogP contribution in [-0.2, 0) is 17.6 Å². The zero-order valence-corrected chi connectivity index (χ0v) is 17.1. The molecule has 1 aromatic carbocycles. The lowest BCUT2D eigenvalue weighted by atomic mass is 10.0. The second-order valence-electron chi connectivity index (χ2n) is 7.72. The Hall–Kier alpha value is -2.69. The number of unbranched alkanes of at least 4 members (excludes halogenated alkanes) is 1. The van der Waals surface area contributed by atoms with E-state index in [1.807, 2.05) is 23.1 Å². The number of nitrogens with zero attached hydrogens (tertiary/aromatic N) is 2. The van der Waals surface area contributed by atoms with Crippen LogP contribution in [0.15, 0.2) is 42.5 Å². The average molecular weight is 395 g/mol. The number of carbonyl (C=O) groups excluding carboxylic acids is 1. The van der Waals surface area contributed by atoms with Crippen molar-refractivity contribution in [1.82, 2.24) is 9.88 Å². The van der Waals surface area contributed by atoms with Gasteiger partial charge in [0, 0.05) is 13.0 Å². The van der Waals surface area contributed by atoms with Crippen molar-refractivity contribution < 1.29 is 14.7 Å². The molecule has 0 bridgehead atoms. The highest BCUT2D eigenvalue weighted by Gasteiger charge is 2.31. The molecule has 1 unspecified atom stereocenters. The molecule has 0 saturated carbocycles. The van der Waals surface area contributed by atoms with Gasteiger partial charge in [-0.05, 0) is 56.2 Å². The van der Waals surface area contributed by atoms with Crippen LogP contribution in [-0.4, -0.2) is 33.4 Å². The molecular formula is C24H30N2O3. The first-order chi connectivity index (χ1) is 14.1. The minimum atomic E-state index is -0.943. The number of benzene rings is 1. The zero-order chi connectivity index (χ0) is 20.6. The number of amides is 1. The Labute approximate surface area is 172 Å². The van der Waals surface area contributed by atoms with Crippen LogP contribution in [0.2, 0.25) is 0 Å². The number of carboxylic acids is 1. The van der Waals surface area contributed by atoms with Crippen LogP contribution >= 0.6 is 0 Å². The van der Waals surface area contributed by atoms with E-state index < -0.39 is 5.97 Å². The summed E-state index contributed by atoms with van der Waals surface area (Å²) in [5, 5.41) is 9.57. The van der Waals surface area contributed by atoms with Crippen molar-refractivity contribution in [3.05, 3.63) is 65.0 Å².